The van der Waals surface area contributed by atoms with E-state index in [4.69, 9.17) is 4.42 Å². The summed E-state index contributed by atoms with van der Waals surface area (Å²) < 4.78 is 5.94. The Bertz CT molecular complexity index is 992. The molecule has 0 spiro atoms. The Balaban J connectivity index is 1.41. The number of nitrogens with zero attached hydrogens (tertiary/aromatic N) is 4. The summed E-state index contributed by atoms with van der Waals surface area (Å²) in [4.78, 5) is 16.4. The highest BCUT2D eigenvalue weighted by molar-refractivity contribution is 9.10. The number of rotatable bonds is 3. The Morgan fingerprint density at radius 2 is 1.79 bits per heavy atom. The van der Waals surface area contributed by atoms with Crippen molar-refractivity contribution in [2.75, 3.05) is 31.1 Å². The van der Waals surface area contributed by atoms with Crippen molar-refractivity contribution in [2.24, 2.45) is 0 Å². The minimum atomic E-state index is -0.0818. The van der Waals surface area contributed by atoms with Crippen molar-refractivity contribution in [3.63, 3.8) is 0 Å². The highest BCUT2D eigenvalue weighted by atomic mass is 79.9. The highest BCUT2D eigenvalue weighted by Gasteiger charge is 2.25. The zero-order chi connectivity index (χ0) is 19.7. The van der Waals surface area contributed by atoms with E-state index < -0.39 is 0 Å². The molecule has 1 amide bonds. The zero-order valence-corrected chi connectivity index (χ0v) is 17.4. The molecule has 6 nitrogen and oxygen atoms in total. The number of piperazine rings is 1. The van der Waals surface area contributed by atoms with Crippen molar-refractivity contribution < 1.29 is 9.21 Å². The second kappa shape index (κ2) is 7.75. The van der Waals surface area contributed by atoms with Crippen LogP contribution in [0.3, 0.4) is 0 Å². The largest absolute Gasteiger partial charge is 0.444 e. The van der Waals surface area contributed by atoms with E-state index >= 15 is 0 Å². The van der Waals surface area contributed by atoms with Crippen LogP contribution in [0.5, 0.6) is 0 Å². The number of carbonyl (C=O) groups excluding carboxylic acids is 1. The molecular formula is C21H21BrN4O2. The van der Waals surface area contributed by atoms with Gasteiger partial charge in [-0.25, -0.2) is 0 Å². The van der Waals surface area contributed by atoms with E-state index in [0.717, 1.165) is 17.1 Å². The van der Waals surface area contributed by atoms with Crippen LogP contribution in [0.25, 0.3) is 11.3 Å². The van der Waals surface area contributed by atoms with E-state index in [9.17, 15) is 4.79 Å². The fourth-order valence-electron chi connectivity index (χ4n) is 3.46. The summed E-state index contributed by atoms with van der Waals surface area (Å²) in [5.74, 6) is 1.11. The van der Waals surface area contributed by atoms with Crippen LogP contribution in [0, 0.1) is 13.8 Å². The lowest BCUT2D eigenvalue weighted by Gasteiger charge is -2.34. The topological polar surface area (TPSA) is 62.5 Å². The van der Waals surface area contributed by atoms with Gasteiger partial charge in [0.15, 0.2) is 16.2 Å². The number of hydrogen-bond acceptors (Lipinski definition) is 5. The predicted molar refractivity (Wildman–Crippen MR) is 111 cm³/mol. The van der Waals surface area contributed by atoms with Gasteiger partial charge in [-0.2, -0.15) is 0 Å². The monoisotopic (exact) mass is 440 g/mol. The SMILES string of the molecule is Cc1ccc(-c2ccc(N3CCN(C(=O)c4ccc(Br)o4)CC3)nn2)c(C)c1. The molecule has 0 bridgehead atoms. The van der Waals surface area contributed by atoms with Gasteiger partial charge in [-0.05, 0) is 59.6 Å². The molecule has 2 aromatic heterocycles. The number of carbonyl (C=O) groups is 1. The van der Waals surface area contributed by atoms with Crippen LogP contribution in [0.4, 0.5) is 5.82 Å². The zero-order valence-electron chi connectivity index (χ0n) is 15.9. The van der Waals surface area contributed by atoms with Crippen molar-refractivity contribution in [3.05, 3.63) is 64.0 Å². The molecule has 0 saturated carbocycles. The molecule has 0 radical (unpaired) electrons. The Morgan fingerprint density at radius 3 is 2.39 bits per heavy atom. The third-order valence-electron chi connectivity index (χ3n) is 4.98. The Kier molecular flexibility index (Phi) is 5.17. The molecule has 3 heterocycles. The van der Waals surface area contributed by atoms with Gasteiger partial charge >= 0.3 is 0 Å². The smallest absolute Gasteiger partial charge is 0.289 e. The highest BCUT2D eigenvalue weighted by Crippen LogP contribution is 2.24. The van der Waals surface area contributed by atoms with Gasteiger partial charge in [0, 0.05) is 31.7 Å². The lowest BCUT2D eigenvalue weighted by molar-refractivity contribution is 0.0713. The fraction of sp³-hybridized carbons (Fsp3) is 0.286. The van der Waals surface area contributed by atoms with Gasteiger partial charge in [0.2, 0.25) is 0 Å². The van der Waals surface area contributed by atoms with Crippen molar-refractivity contribution in [2.45, 2.75) is 13.8 Å². The minimum absolute atomic E-state index is 0.0818. The van der Waals surface area contributed by atoms with Crippen molar-refractivity contribution >= 4 is 27.7 Å². The molecule has 144 valence electrons. The third-order valence-corrected chi connectivity index (χ3v) is 5.41. The van der Waals surface area contributed by atoms with Gasteiger partial charge in [0.05, 0.1) is 5.69 Å². The first kappa shape index (κ1) is 18.7. The maximum atomic E-state index is 12.5. The number of furan rings is 1. The number of anilines is 1. The first-order chi connectivity index (χ1) is 13.5. The molecule has 0 atom stereocenters. The van der Waals surface area contributed by atoms with E-state index in [1.807, 2.05) is 12.1 Å². The summed E-state index contributed by atoms with van der Waals surface area (Å²) in [5, 5.41) is 8.85. The minimum Gasteiger partial charge on any atom is -0.444 e. The molecule has 1 aliphatic heterocycles. The van der Waals surface area contributed by atoms with E-state index in [0.29, 0.717) is 36.6 Å². The number of halogens is 1. The quantitative estimate of drug-likeness (QED) is 0.613. The second-order valence-corrected chi connectivity index (χ2v) is 7.76. The summed E-state index contributed by atoms with van der Waals surface area (Å²) in [6.45, 7) is 6.85. The average molecular weight is 441 g/mol. The Morgan fingerprint density at radius 1 is 1.00 bits per heavy atom. The van der Waals surface area contributed by atoms with Crippen LogP contribution >= 0.6 is 15.9 Å². The molecule has 7 heteroatoms. The van der Waals surface area contributed by atoms with Crippen LogP contribution in [0.15, 0.2) is 51.6 Å². The molecule has 3 aromatic rings. The Hall–Kier alpha value is -2.67. The van der Waals surface area contributed by atoms with Gasteiger partial charge in [0.1, 0.15) is 0 Å². The van der Waals surface area contributed by atoms with Crippen LogP contribution in [0.1, 0.15) is 21.7 Å². The molecule has 1 aliphatic rings. The standard InChI is InChI=1S/C21H21BrN4O2/c1-14-3-4-16(15(2)13-14)17-5-8-20(24-23-17)25-9-11-26(12-10-25)21(27)18-6-7-19(22)28-18/h3-8,13H,9-12H2,1-2H3. The number of aryl methyl sites for hydroxylation is 2. The van der Waals surface area contributed by atoms with Crippen LogP contribution in [-0.4, -0.2) is 47.2 Å². The first-order valence-electron chi connectivity index (χ1n) is 9.22. The number of benzene rings is 1. The molecule has 1 aromatic carbocycles. The van der Waals surface area contributed by atoms with E-state index in [1.54, 1.807) is 17.0 Å². The van der Waals surface area contributed by atoms with E-state index in [1.165, 1.54) is 11.1 Å². The van der Waals surface area contributed by atoms with Crippen molar-refractivity contribution in [1.82, 2.24) is 15.1 Å². The normalized spacial score (nSPS) is 14.4. The van der Waals surface area contributed by atoms with Gasteiger partial charge in [-0.3, -0.25) is 4.79 Å². The molecular weight excluding hydrogens is 420 g/mol. The van der Waals surface area contributed by atoms with Gasteiger partial charge < -0.3 is 14.2 Å². The maximum Gasteiger partial charge on any atom is 0.289 e. The van der Waals surface area contributed by atoms with Crippen LogP contribution in [-0.2, 0) is 0 Å². The number of aromatic nitrogens is 2. The number of hydrogen-bond donors (Lipinski definition) is 0. The summed E-state index contributed by atoms with van der Waals surface area (Å²) >= 11 is 3.23. The fourth-order valence-corrected chi connectivity index (χ4v) is 3.77. The van der Waals surface area contributed by atoms with E-state index in [2.05, 4.69) is 63.1 Å². The summed E-state index contributed by atoms with van der Waals surface area (Å²) in [5.41, 5.74) is 4.40. The van der Waals surface area contributed by atoms with E-state index in [-0.39, 0.29) is 5.91 Å². The predicted octanol–water partition coefficient (Wildman–Crippen LogP) is 4.08. The Labute approximate surface area is 172 Å². The summed E-state index contributed by atoms with van der Waals surface area (Å²) in [7, 11) is 0. The van der Waals surface area contributed by atoms with Crippen molar-refractivity contribution in [3.8, 4) is 11.3 Å². The molecule has 4 rings (SSSR count). The van der Waals surface area contributed by atoms with Crippen LogP contribution in [0.2, 0.25) is 0 Å². The molecule has 0 aliphatic carbocycles. The molecule has 0 N–H and O–H groups in total. The average Bonchev–Trinajstić information content (AvgIpc) is 3.14. The molecule has 1 saturated heterocycles. The first-order valence-corrected chi connectivity index (χ1v) is 10.0. The second-order valence-electron chi connectivity index (χ2n) is 6.98. The maximum absolute atomic E-state index is 12.5. The molecule has 1 fully saturated rings. The van der Waals surface area contributed by atoms with Crippen molar-refractivity contribution in [1.29, 1.82) is 0 Å². The lowest BCUT2D eigenvalue weighted by atomic mass is 10.0. The summed E-state index contributed by atoms with van der Waals surface area (Å²) in [6.07, 6.45) is 0. The summed E-state index contributed by atoms with van der Waals surface area (Å²) in [6, 6.07) is 13.8. The third kappa shape index (κ3) is 3.80. The van der Waals surface area contributed by atoms with Gasteiger partial charge in [-0.15, -0.1) is 10.2 Å². The van der Waals surface area contributed by atoms with Gasteiger partial charge in [-0.1, -0.05) is 23.8 Å². The lowest BCUT2D eigenvalue weighted by Crippen LogP contribution is -2.49. The molecule has 28 heavy (non-hydrogen) atoms. The van der Waals surface area contributed by atoms with Gasteiger partial charge in [0.25, 0.3) is 5.91 Å². The van der Waals surface area contributed by atoms with Crippen LogP contribution < -0.4 is 4.90 Å². The molecule has 0 unspecified atom stereocenters. The number of amides is 1.